The molecule has 0 aliphatic rings. The highest BCUT2D eigenvalue weighted by Gasteiger charge is 1.98. The van der Waals surface area contributed by atoms with Crippen LogP contribution in [0.15, 0.2) is 29.4 Å². The van der Waals surface area contributed by atoms with Gasteiger partial charge in [0.25, 0.3) is 0 Å². The topological polar surface area (TPSA) is 129 Å². The molecule has 7 N–H and O–H groups in total. The SMILES string of the molecule is N=C(N)NNN=CCc1ccc(C(N)=O)cc1. The summed E-state index contributed by atoms with van der Waals surface area (Å²) in [5.74, 6) is -0.662. The van der Waals surface area contributed by atoms with Crippen LogP contribution in [0.25, 0.3) is 0 Å². The van der Waals surface area contributed by atoms with Crippen molar-refractivity contribution in [3.8, 4) is 0 Å². The van der Waals surface area contributed by atoms with Crippen LogP contribution in [0.1, 0.15) is 15.9 Å². The number of amides is 1. The van der Waals surface area contributed by atoms with Crippen LogP contribution >= 0.6 is 0 Å². The highest BCUT2D eigenvalue weighted by atomic mass is 16.1. The smallest absolute Gasteiger partial charge is 0.248 e. The van der Waals surface area contributed by atoms with Crippen LogP contribution in [0.2, 0.25) is 0 Å². The van der Waals surface area contributed by atoms with Gasteiger partial charge in [0.15, 0.2) is 0 Å². The molecule has 0 aliphatic carbocycles. The van der Waals surface area contributed by atoms with Crippen molar-refractivity contribution < 1.29 is 4.79 Å². The van der Waals surface area contributed by atoms with E-state index in [4.69, 9.17) is 16.9 Å². The molecule has 0 saturated carbocycles. The number of carbonyl (C=O) groups excluding carboxylic acids is 1. The summed E-state index contributed by atoms with van der Waals surface area (Å²) in [7, 11) is 0. The third kappa shape index (κ3) is 4.65. The van der Waals surface area contributed by atoms with Crippen LogP contribution in [-0.2, 0) is 6.42 Å². The number of hydrazone groups is 1. The number of nitrogens with two attached hydrogens (primary N) is 2. The Morgan fingerprint density at radius 2 is 2.00 bits per heavy atom. The molecule has 0 spiro atoms. The predicted molar refractivity (Wildman–Crippen MR) is 65.3 cm³/mol. The molecule has 0 aliphatic heterocycles. The Morgan fingerprint density at radius 3 is 2.53 bits per heavy atom. The Morgan fingerprint density at radius 1 is 1.35 bits per heavy atom. The van der Waals surface area contributed by atoms with Crippen molar-refractivity contribution >= 4 is 18.1 Å². The van der Waals surface area contributed by atoms with Crippen molar-refractivity contribution in [2.24, 2.45) is 16.6 Å². The van der Waals surface area contributed by atoms with Crippen LogP contribution in [0.3, 0.4) is 0 Å². The molecule has 0 aromatic heterocycles. The Bertz CT molecular complexity index is 425. The van der Waals surface area contributed by atoms with Gasteiger partial charge < -0.3 is 11.5 Å². The zero-order valence-electron chi connectivity index (χ0n) is 9.10. The Labute approximate surface area is 98.4 Å². The van der Waals surface area contributed by atoms with Gasteiger partial charge in [-0.25, -0.2) is 5.53 Å². The molecule has 1 rings (SSSR count). The minimum absolute atomic E-state index is 0.215. The van der Waals surface area contributed by atoms with E-state index in [0.717, 1.165) is 5.56 Å². The van der Waals surface area contributed by atoms with Gasteiger partial charge in [-0.1, -0.05) is 12.1 Å². The van der Waals surface area contributed by atoms with E-state index in [9.17, 15) is 4.79 Å². The molecule has 0 atom stereocenters. The Balaban J connectivity index is 2.42. The highest BCUT2D eigenvalue weighted by molar-refractivity contribution is 5.92. The van der Waals surface area contributed by atoms with Gasteiger partial charge in [-0.2, -0.15) is 5.10 Å². The Kier molecular flexibility index (Phi) is 4.49. The highest BCUT2D eigenvalue weighted by Crippen LogP contribution is 2.03. The van der Waals surface area contributed by atoms with E-state index in [2.05, 4.69) is 16.1 Å². The molecule has 90 valence electrons. The molecule has 17 heavy (non-hydrogen) atoms. The summed E-state index contributed by atoms with van der Waals surface area (Å²) in [6.45, 7) is 0. The van der Waals surface area contributed by atoms with Crippen LogP contribution in [-0.4, -0.2) is 18.1 Å². The molecule has 1 amide bonds. The summed E-state index contributed by atoms with van der Waals surface area (Å²) in [5, 5.41) is 10.6. The van der Waals surface area contributed by atoms with Crippen LogP contribution in [0.5, 0.6) is 0 Å². The summed E-state index contributed by atoms with van der Waals surface area (Å²) in [4.78, 5) is 10.8. The number of hydrazine groups is 1. The molecular weight excluding hydrogens is 220 g/mol. The second kappa shape index (κ2) is 6.11. The fraction of sp³-hybridized carbons (Fsp3) is 0.100. The Hall–Kier alpha value is -2.57. The second-order valence-electron chi connectivity index (χ2n) is 3.23. The maximum atomic E-state index is 10.8. The van der Waals surface area contributed by atoms with Gasteiger partial charge in [-0.15, -0.1) is 0 Å². The summed E-state index contributed by atoms with van der Waals surface area (Å²) in [6.07, 6.45) is 2.20. The molecule has 1 aromatic carbocycles. The first-order chi connectivity index (χ1) is 8.09. The number of primary amides is 1. The maximum Gasteiger partial charge on any atom is 0.248 e. The van der Waals surface area contributed by atoms with E-state index in [1.54, 1.807) is 30.5 Å². The van der Waals surface area contributed by atoms with Crippen molar-refractivity contribution in [1.82, 2.24) is 11.0 Å². The number of nitrogens with zero attached hydrogens (tertiary/aromatic N) is 1. The van der Waals surface area contributed by atoms with Crippen LogP contribution in [0.4, 0.5) is 0 Å². The van der Waals surface area contributed by atoms with Gasteiger partial charge in [-0.05, 0) is 17.7 Å². The zero-order valence-corrected chi connectivity index (χ0v) is 9.10. The monoisotopic (exact) mass is 234 g/mol. The summed E-state index contributed by atoms with van der Waals surface area (Å²) in [5.41, 5.74) is 16.3. The lowest BCUT2D eigenvalue weighted by Crippen LogP contribution is -2.38. The summed E-state index contributed by atoms with van der Waals surface area (Å²) < 4.78 is 0. The van der Waals surface area contributed by atoms with E-state index in [1.165, 1.54) is 0 Å². The number of benzene rings is 1. The first-order valence-corrected chi connectivity index (χ1v) is 4.85. The zero-order chi connectivity index (χ0) is 12.7. The van der Waals surface area contributed by atoms with Crippen molar-refractivity contribution in [1.29, 1.82) is 5.41 Å². The minimum Gasteiger partial charge on any atom is -0.369 e. The van der Waals surface area contributed by atoms with Crippen molar-refractivity contribution in [3.05, 3.63) is 35.4 Å². The van der Waals surface area contributed by atoms with E-state index in [-0.39, 0.29) is 5.96 Å². The quantitative estimate of drug-likeness (QED) is 0.262. The molecule has 0 saturated heterocycles. The van der Waals surface area contributed by atoms with Gasteiger partial charge in [0.1, 0.15) is 0 Å². The van der Waals surface area contributed by atoms with Crippen molar-refractivity contribution in [3.63, 3.8) is 0 Å². The molecule has 1 aromatic rings. The van der Waals surface area contributed by atoms with Gasteiger partial charge in [0.05, 0.1) is 0 Å². The average molecular weight is 234 g/mol. The summed E-state index contributed by atoms with van der Waals surface area (Å²) in [6, 6.07) is 6.91. The molecule has 0 bridgehead atoms. The van der Waals surface area contributed by atoms with E-state index < -0.39 is 5.91 Å². The lowest BCUT2D eigenvalue weighted by molar-refractivity contribution is 0.100. The largest absolute Gasteiger partial charge is 0.369 e. The average Bonchev–Trinajstić information content (AvgIpc) is 2.29. The van der Waals surface area contributed by atoms with E-state index in [0.29, 0.717) is 12.0 Å². The lowest BCUT2D eigenvalue weighted by Gasteiger charge is -2.01. The van der Waals surface area contributed by atoms with Crippen LogP contribution < -0.4 is 22.4 Å². The van der Waals surface area contributed by atoms with Crippen molar-refractivity contribution in [2.45, 2.75) is 6.42 Å². The van der Waals surface area contributed by atoms with Crippen LogP contribution in [0, 0.1) is 5.41 Å². The van der Waals surface area contributed by atoms with Gasteiger partial charge in [0, 0.05) is 18.2 Å². The molecular formula is C10H14N6O. The van der Waals surface area contributed by atoms with Gasteiger partial charge in [0.2, 0.25) is 11.9 Å². The number of rotatable bonds is 5. The predicted octanol–water partition coefficient (Wildman–Crippen LogP) is -0.699. The first kappa shape index (κ1) is 12.5. The lowest BCUT2D eigenvalue weighted by atomic mass is 10.1. The normalized spacial score (nSPS) is 10.1. The minimum atomic E-state index is -0.447. The molecule has 0 fully saturated rings. The third-order valence-electron chi connectivity index (χ3n) is 1.91. The number of hydrogen-bond donors (Lipinski definition) is 5. The number of hydrogen-bond acceptors (Lipinski definition) is 4. The van der Waals surface area contributed by atoms with Gasteiger partial charge in [-0.3, -0.25) is 15.6 Å². The fourth-order valence-electron chi connectivity index (χ4n) is 1.09. The number of guanidine groups is 1. The third-order valence-corrected chi connectivity index (χ3v) is 1.91. The molecule has 0 unspecified atom stereocenters. The van der Waals surface area contributed by atoms with E-state index in [1.807, 2.05) is 0 Å². The number of nitrogens with one attached hydrogen (secondary N) is 3. The second-order valence-corrected chi connectivity index (χ2v) is 3.23. The van der Waals surface area contributed by atoms with E-state index >= 15 is 0 Å². The molecule has 7 nitrogen and oxygen atoms in total. The number of carbonyl (C=O) groups is 1. The molecule has 0 radical (unpaired) electrons. The summed E-state index contributed by atoms with van der Waals surface area (Å²) >= 11 is 0. The first-order valence-electron chi connectivity index (χ1n) is 4.85. The maximum absolute atomic E-state index is 10.8. The standard InChI is InChI=1S/C10H14N6O/c11-9(17)8-3-1-7(2-4-8)5-6-14-16-15-10(12)13/h1-4,6,16H,5H2,(H2,11,17)(H4,12,13,15). The molecule has 7 heteroatoms. The van der Waals surface area contributed by atoms with Crippen molar-refractivity contribution in [2.75, 3.05) is 0 Å². The molecule has 0 heterocycles. The fourth-order valence-corrected chi connectivity index (χ4v) is 1.09. The van der Waals surface area contributed by atoms with Gasteiger partial charge >= 0.3 is 0 Å².